The highest BCUT2D eigenvalue weighted by molar-refractivity contribution is 5.75. The van der Waals surface area contributed by atoms with Crippen LogP contribution in [0.5, 0.6) is 0 Å². The van der Waals surface area contributed by atoms with Crippen LogP contribution in [0.4, 0.5) is 4.79 Å². The normalized spacial score (nSPS) is 11.3. The lowest BCUT2D eigenvalue weighted by molar-refractivity contribution is -0.121. The molecule has 0 atom stereocenters. The molecule has 0 heterocycles. The van der Waals surface area contributed by atoms with E-state index in [0.717, 1.165) is 19.5 Å². The lowest BCUT2D eigenvalue weighted by Crippen LogP contribution is -2.33. The predicted octanol–water partition coefficient (Wildman–Crippen LogP) is 2.93. The second-order valence-electron chi connectivity index (χ2n) is 7.46. The van der Waals surface area contributed by atoms with Crippen LogP contribution < -0.4 is 10.6 Å². The van der Waals surface area contributed by atoms with E-state index in [-0.39, 0.29) is 5.91 Å². The van der Waals surface area contributed by atoms with Gasteiger partial charge in [-0.2, -0.15) is 0 Å². The Hall–Kier alpha value is -2.08. The summed E-state index contributed by atoms with van der Waals surface area (Å²) in [4.78, 5) is 25.5. The lowest BCUT2D eigenvalue weighted by Gasteiger charge is -2.19. The third kappa shape index (κ3) is 11.5. The molecule has 0 radical (unpaired) electrons. The molecule has 6 nitrogen and oxygen atoms in total. The second kappa shape index (κ2) is 11.5. The van der Waals surface area contributed by atoms with Crippen molar-refractivity contribution in [2.75, 3.05) is 26.7 Å². The third-order valence-corrected chi connectivity index (χ3v) is 3.58. The molecular weight excluding hydrogens is 330 g/mol. The molecule has 2 amide bonds. The summed E-state index contributed by atoms with van der Waals surface area (Å²) in [6.45, 7) is 8.38. The van der Waals surface area contributed by atoms with Gasteiger partial charge in [-0.15, -0.1) is 0 Å². The van der Waals surface area contributed by atoms with Gasteiger partial charge in [0, 0.05) is 26.1 Å². The molecule has 2 N–H and O–H groups in total. The highest BCUT2D eigenvalue weighted by Crippen LogP contribution is 2.06. The molecule has 0 aromatic heterocycles. The van der Waals surface area contributed by atoms with Crippen molar-refractivity contribution < 1.29 is 14.3 Å². The maximum atomic E-state index is 11.8. The Labute approximate surface area is 157 Å². The molecule has 0 aliphatic rings. The van der Waals surface area contributed by atoms with Gasteiger partial charge in [-0.25, -0.2) is 4.79 Å². The molecule has 1 aromatic rings. The quantitative estimate of drug-likeness (QED) is 0.627. The van der Waals surface area contributed by atoms with Crippen molar-refractivity contribution in [1.82, 2.24) is 15.5 Å². The minimum atomic E-state index is -0.505. The van der Waals surface area contributed by atoms with Gasteiger partial charge in [0.15, 0.2) is 0 Å². The summed E-state index contributed by atoms with van der Waals surface area (Å²) in [5, 5.41) is 5.57. The van der Waals surface area contributed by atoms with E-state index in [1.807, 2.05) is 39.0 Å². The first-order valence-corrected chi connectivity index (χ1v) is 9.22. The Bertz CT molecular complexity index is 541. The number of ether oxygens (including phenoxy) is 1. The largest absolute Gasteiger partial charge is 0.444 e. The Morgan fingerprint density at radius 3 is 2.35 bits per heavy atom. The zero-order valence-electron chi connectivity index (χ0n) is 16.5. The third-order valence-electron chi connectivity index (χ3n) is 3.58. The van der Waals surface area contributed by atoms with Gasteiger partial charge in [-0.3, -0.25) is 4.79 Å². The fraction of sp³-hybridized carbons (Fsp3) is 0.600. The van der Waals surface area contributed by atoms with E-state index in [0.29, 0.717) is 25.9 Å². The molecule has 6 heteroatoms. The van der Waals surface area contributed by atoms with Crippen molar-refractivity contribution in [3.63, 3.8) is 0 Å². The zero-order chi connectivity index (χ0) is 19.4. The van der Waals surface area contributed by atoms with Gasteiger partial charge in [0.1, 0.15) is 5.60 Å². The standard InChI is InChI=1S/C20H33N3O3/c1-20(2,3)26-19(25)22-13-8-12-18(24)21-14-9-15-23(4)16-17-10-6-5-7-11-17/h5-7,10-11H,8-9,12-16H2,1-4H3,(H,21,24)(H,22,25). The Morgan fingerprint density at radius 2 is 1.69 bits per heavy atom. The molecule has 0 saturated heterocycles. The summed E-state index contributed by atoms with van der Waals surface area (Å²) < 4.78 is 5.13. The molecule has 1 rings (SSSR count). The summed E-state index contributed by atoms with van der Waals surface area (Å²) in [5.74, 6) is 0.0155. The molecule has 0 bridgehead atoms. The van der Waals surface area contributed by atoms with Gasteiger partial charge in [0.05, 0.1) is 0 Å². The van der Waals surface area contributed by atoms with Crippen molar-refractivity contribution >= 4 is 12.0 Å². The van der Waals surface area contributed by atoms with E-state index in [9.17, 15) is 9.59 Å². The van der Waals surface area contributed by atoms with E-state index in [1.54, 1.807) is 0 Å². The van der Waals surface area contributed by atoms with Gasteiger partial charge < -0.3 is 20.3 Å². The number of alkyl carbamates (subject to hydrolysis) is 1. The summed E-state index contributed by atoms with van der Waals surface area (Å²) >= 11 is 0. The average molecular weight is 364 g/mol. The second-order valence-corrected chi connectivity index (χ2v) is 7.46. The number of hydrogen-bond donors (Lipinski definition) is 2. The van der Waals surface area contributed by atoms with Crippen LogP contribution in [-0.2, 0) is 16.1 Å². The highest BCUT2D eigenvalue weighted by atomic mass is 16.6. The van der Waals surface area contributed by atoms with E-state index < -0.39 is 11.7 Å². The molecular formula is C20H33N3O3. The van der Waals surface area contributed by atoms with Crippen molar-refractivity contribution in [3.05, 3.63) is 35.9 Å². The summed E-state index contributed by atoms with van der Waals surface area (Å²) in [6, 6.07) is 10.3. The molecule has 0 aliphatic heterocycles. The molecule has 0 fully saturated rings. The van der Waals surface area contributed by atoms with Crippen molar-refractivity contribution in [3.8, 4) is 0 Å². The first-order chi connectivity index (χ1) is 12.3. The molecule has 0 unspecified atom stereocenters. The number of carbonyl (C=O) groups is 2. The number of carbonyl (C=O) groups excluding carboxylic acids is 2. The van der Waals surface area contributed by atoms with E-state index >= 15 is 0 Å². The van der Waals surface area contributed by atoms with Gasteiger partial charge in [-0.05, 0) is 52.8 Å². The monoisotopic (exact) mass is 363 g/mol. The first kappa shape index (κ1) is 22.0. The fourth-order valence-electron chi connectivity index (χ4n) is 2.39. The van der Waals surface area contributed by atoms with Gasteiger partial charge in [0.2, 0.25) is 5.91 Å². The molecule has 0 spiro atoms. The minimum Gasteiger partial charge on any atom is -0.444 e. The maximum absolute atomic E-state index is 11.8. The molecule has 0 aliphatic carbocycles. The van der Waals surface area contributed by atoms with Crippen LogP contribution in [0.25, 0.3) is 0 Å². The van der Waals surface area contributed by atoms with Crippen LogP contribution >= 0.6 is 0 Å². The fourth-order valence-corrected chi connectivity index (χ4v) is 2.39. The van der Waals surface area contributed by atoms with Crippen molar-refractivity contribution in [2.45, 2.75) is 52.2 Å². The van der Waals surface area contributed by atoms with Crippen molar-refractivity contribution in [2.24, 2.45) is 0 Å². The van der Waals surface area contributed by atoms with Crippen LogP contribution in [0.3, 0.4) is 0 Å². The maximum Gasteiger partial charge on any atom is 0.407 e. The van der Waals surface area contributed by atoms with Gasteiger partial charge in [0.25, 0.3) is 0 Å². The molecule has 146 valence electrons. The van der Waals surface area contributed by atoms with Crippen LogP contribution in [-0.4, -0.2) is 49.2 Å². The lowest BCUT2D eigenvalue weighted by atomic mass is 10.2. The number of benzene rings is 1. The summed E-state index contributed by atoms with van der Waals surface area (Å²) in [5.41, 5.74) is 0.784. The number of hydrogen-bond acceptors (Lipinski definition) is 4. The van der Waals surface area contributed by atoms with Gasteiger partial charge >= 0.3 is 6.09 Å². The molecule has 1 aromatic carbocycles. The predicted molar refractivity (Wildman–Crippen MR) is 104 cm³/mol. The number of amides is 2. The summed E-state index contributed by atoms with van der Waals surface area (Å²) in [7, 11) is 2.08. The first-order valence-electron chi connectivity index (χ1n) is 9.22. The van der Waals surface area contributed by atoms with Crippen LogP contribution in [0, 0.1) is 0 Å². The Kier molecular flexibility index (Phi) is 9.73. The number of nitrogens with one attached hydrogen (secondary N) is 2. The number of nitrogens with zero attached hydrogens (tertiary/aromatic N) is 1. The molecule has 0 saturated carbocycles. The van der Waals surface area contributed by atoms with E-state index in [2.05, 4.69) is 34.7 Å². The van der Waals surface area contributed by atoms with Crippen LogP contribution in [0.1, 0.15) is 45.6 Å². The van der Waals surface area contributed by atoms with E-state index in [1.165, 1.54) is 5.56 Å². The molecule has 26 heavy (non-hydrogen) atoms. The minimum absolute atomic E-state index is 0.0155. The smallest absolute Gasteiger partial charge is 0.407 e. The summed E-state index contributed by atoms with van der Waals surface area (Å²) in [6.07, 6.45) is 1.46. The zero-order valence-corrected chi connectivity index (χ0v) is 16.5. The Morgan fingerprint density at radius 1 is 1.04 bits per heavy atom. The highest BCUT2D eigenvalue weighted by Gasteiger charge is 2.15. The SMILES string of the molecule is CN(CCCNC(=O)CCCNC(=O)OC(C)(C)C)Cc1ccccc1. The topological polar surface area (TPSA) is 70.7 Å². The van der Waals surface area contributed by atoms with Crippen LogP contribution in [0.2, 0.25) is 0 Å². The Balaban J connectivity index is 2.02. The van der Waals surface area contributed by atoms with Crippen molar-refractivity contribution in [1.29, 1.82) is 0 Å². The van der Waals surface area contributed by atoms with Crippen LogP contribution in [0.15, 0.2) is 30.3 Å². The van der Waals surface area contributed by atoms with E-state index in [4.69, 9.17) is 4.74 Å². The van der Waals surface area contributed by atoms with Gasteiger partial charge in [-0.1, -0.05) is 30.3 Å². The average Bonchev–Trinajstić information content (AvgIpc) is 2.55. The number of rotatable bonds is 10.